The quantitative estimate of drug-likeness (QED) is 0.784. The molecule has 0 fully saturated rings. The molecule has 0 aliphatic rings. The number of hydrogen-bond acceptors (Lipinski definition) is 3. The fraction of sp³-hybridized carbons (Fsp3) is 0.250. The van der Waals surface area contributed by atoms with Crippen LogP contribution in [0.4, 0.5) is 0 Å². The van der Waals surface area contributed by atoms with Crippen molar-refractivity contribution in [2.75, 3.05) is 14.2 Å². The molecule has 5 heteroatoms. The predicted octanol–water partition coefficient (Wildman–Crippen LogP) is 4.47. The van der Waals surface area contributed by atoms with Crippen LogP contribution in [-0.4, -0.2) is 14.2 Å². The molecular formula is C16H17Br2NO2. The predicted molar refractivity (Wildman–Crippen MR) is 92.0 cm³/mol. The van der Waals surface area contributed by atoms with Crippen molar-refractivity contribution in [1.82, 2.24) is 0 Å². The van der Waals surface area contributed by atoms with Crippen molar-refractivity contribution >= 4 is 31.9 Å². The summed E-state index contributed by atoms with van der Waals surface area (Å²) in [6, 6.07) is 11.7. The molecule has 0 amide bonds. The molecule has 0 spiro atoms. The molecular weight excluding hydrogens is 398 g/mol. The van der Waals surface area contributed by atoms with Gasteiger partial charge in [-0.25, -0.2) is 0 Å². The maximum Gasteiger partial charge on any atom is 0.133 e. The molecule has 1 unspecified atom stereocenters. The minimum Gasteiger partial charge on any atom is -0.496 e. The van der Waals surface area contributed by atoms with E-state index in [1.165, 1.54) is 0 Å². The van der Waals surface area contributed by atoms with Gasteiger partial charge in [-0.05, 0) is 63.8 Å². The van der Waals surface area contributed by atoms with Crippen molar-refractivity contribution in [3.05, 3.63) is 56.5 Å². The molecule has 1 atom stereocenters. The summed E-state index contributed by atoms with van der Waals surface area (Å²) in [4.78, 5) is 0. The van der Waals surface area contributed by atoms with Gasteiger partial charge in [-0.1, -0.05) is 22.0 Å². The van der Waals surface area contributed by atoms with Crippen molar-refractivity contribution < 1.29 is 9.47 Å². The topological polar surface area (TPSA) is 44.5 Å². The first kappa shape index (κ1) is 16.3. The van der Waals surface area contributed by atoms with Gasteiger partial charge in [0, 0.05) is 10.5 Å². The summed E-state index contributed by atoms with van der Waals surface area (Å²) in [6.45, 7) is 0. The van der Waals surface area contributed by atoms with Gasteiger partial charge in [-0.15, -0.1) is 0 Å². The Balaban J connectivity index is 2.23. The Labute approximate surface area is 141 Å². The van der Waals surface area contributed by atoms with Crippen LogP contribution in [-0.2, 0) is 6.42 Å². The van der Waals surface area contributed by atoms with Crippen molar-refractivity contribution in [3.63, 3.8) is 0 Å². The van der Waals surface area contributed by atoms with Gasteiger partial charge in [-0.2, -0.15) is 0 Å². The highest BCUT2D eigenvalue weighted by Crippen LogP contribution is 2.31. The number of benzene rings is 2. The third-order valence-corrected chi connectivity index (χ3v) is 4.40. The number of halogens is 2. The molecule has 0 aromatic heterocycles. The lowest BCUT2D eigenvalue weighted by molar-refractivity contribution is 0.407. The summed E-state index contributed by atoms with van der Waals surface area (Å²) in [5.41, 5.74) is 8.45. The molecule has 2 aromatic rings. The Morgan fingerprint density at radius 3 is 2.29 bits per heavy atom. The molecule has 112 valence electrons. The molecule has 0 saturated heterocycles. The van der Waals surface area contributed by atoms with E-state index in [-0.39, 0.29) is 6.04 Å². The van der Waals surface area contributed by atoms with E-state index in [0.717, 1.165) is 31.6 Å². The van der Waals surface area contributed by atoms with E-state index in [1.807, 2.05) is 36.4 Å². The third-order valence-electron chi connectivity index (χ3n) is 3.29. The van der Waals surface area contributed by atoms with Crippen LogP contribution in [0.25, 0.3) is 0 Å². The summed E-state index contributed by atoms with van der Waals surface area (Å²) in [5.74, 6) is 1.65. The standard InChI is InChI=1S/C16H17Br2NO2/c1-20-15-6-4-12(17)7-11(15)9-14(19)10-3-5-16(21-2)13(18)8-10/h3-8,14H,9,19H2,1-2H3. The van der Waals surface area contributed by atoms with E-state index in [2.05, 4.69) is 31.9 Å². The molecule has 0 radical (unpaired) electrons. The summed E-state index contributed by atoms with van der Waals surface area (Å²) in [6.07, 6.45) is 0.696. The van der Waals surface area contributed by atoms with E-state index in [4.69, 9.17) is 15.2 Å². The molecule has 0 saturated carbocycles. The number of nitrogens with two attached hydrogens (primary N) is 1. The molecule has 21 heavy (non-hydrogen) atoms. The fourth-order valence-electron chi connectivity index (χ4n) is 2.17. The first-order chi connectivity index (χ1) is 10.0. The average molecular weight is 415 g/mol. The Morgan fingerprint density at radius 2 is 1.67 bits per heavy atom. The molecule has 2 N–H and O–H groups in total. The second kappa shape index (κ2) is 7.29. The zero-order valence-corrected chi connectivity index (χ0v) is 15.1. The minimum atomic E-state index is -0.115. The van der Waals surface area contributed by atoms with E-state index < -0.39 is 0 Å². The fourth-order valence-corrected chi connectivity index (χ4v) is 3.14. The summed E-state index contributed by atoms with van der Waals surface area (Å²) >= 11 is 6.97. The molecule has 2 rings (SSSR count). The molecule has 2 aromatic carbocycles. The Morgan fingerprint density at radius 1 is 1.00 bits per heavy atom. The van der Waals surface area contributed by atoms with Crippen LogP contribution in [0.3, 0.4) is 0 Å². The van der Waals surface area contributed by atoms with E-state index in [1.54, 1.807) is 14.2 Å². The zero-order valence-electron chi connectivity index (χ0n) is 11.9. The van der Waals surface area contributed by atoms with Gasteiger partial charge in [0.25, 0.3) is 0 Å². The van der Waals surface area contributed by atoms with Gasteiger partial charge < -0.3 is 15.2 Å². The van der Waals surface area contributed by atoms with Crippen LogP contribution in [0.2, 0.25) is 0 Å². The SMILES string of the molecule is COc1ccc(C(N)Cc2cc(Br)ccc2OC)cc1Br. The van der Waals surface area contributed by atoms with E-state index in [0.29, 0.717) is 6.42 Å². The van der Waals surface area contributed by atoms with Gasteiger partial charge >= 0.3 is 0 Å². The molecule has 0 heterocycles. The van der Waals surface area contributed by atoms with Crippen LogP contribution >= 0.6 is 31.9 Å². The van der Waals surface area contributed by atoms with Gasteiger partial charge in [0.15, 0.2) is 0 Å². The Hall–Kier alpha value is -1.04. The lowest BCUT2D eigenvalue weighted by Gasteiger charge is -2.16. The molecule has 3 nitrogen and oxygen atoms in total. The highest BCUT2D eigenvalue weighted by Gasteiger charge is 2.13. The maximum atomic E-state index is 6.33. The number of methoxy groups -OCH3 is 2. The van der Waals surface area contributed by atoms with Crippen LogP contribution in [0.5, 0.6) is 11.5 Å². The summed E-state index contributed by atoms with van der Waals surface area (Å²) in [5, 5.41) is 0. The van der Waals surface area contributed by atoms with Crippen LogP contribution in [0.1, 0.15) is 17.2 Å². The van der Waals surface area contributed by atoms with Gasteiger partial charge in [0.2, 0.25) is 0 Å². The van der Waals surface area contributed by atoms with E-state index >= 15 is 0 Å². The largest absolute Gasteiger partial charge is 0.496 e. The molecule has 0 bridgehead atoms. The number of rotatable bonds is 5. The molecule has 0 aliphatic carbocycles. The Bertz CT molecular complexity index is 632. The van der Waals surface area contributed by atoms with Crippen molar-refractivity contribution in [3.8, 4) is 11.5 Å². The van der Waals surface area contributed by atoms with E-state index in [9.17, 15) is 0 Å². The summed E-state index contributed by atoms with van der Waals surface area (Å²) in [7, 11) is 3.31. The first-order valence-electron chi connectivity index (χ1n) is 6.46. The average Bonchev–Trinajstić information content (AvgIpc) is 2.47. The van der Waals surface area contributed by atoms with Gasteiger partial charge in [0.05, 0.1) is 18.7 Å². The lowest BCUT2D eigenvalue weighted by atomic mass is 9.99. The first-order valence-corrected chi connectivity index (χ1v) is 8.05. The number of hydrogen-bond donors (Lipinski definition) is 1. The second-order valence-electron chi connectivity index (χ2n) is 4.66. The van der Waals surface area contributed by atoms with Crippen LogP contribution in [0.15, 0.2) is 45.3 Å². The maximum absolute atomic E-state index is 6.33. The van der Waals surface area contributed by atoms with Gasteiger partial charge in [0.1, 0.15) is 11.5 Å². The zero-order chi connectivity index (χ0) is 15.4. The second-order valence-corrected chi connectivity index (χ2v) is 6.43. The number of ether oxygens (including phenoxy) is 2. The van der Waals surface area contributed by atoms with Crippen LogP contribution < -0.4 is 15.2 Å². The lowest BCUT2D eigenvalue weighted by Crippen LogP contribution is -2.14. The van der Waals surface area contributed by atoms with Crippen molar-refractivity contribution in [1.29, 1.82) is 0 Å². The normalized spacial score (nSPS) is 12.0. The smallest absolute Gasteiger partial charge is 0.133 e. The molecule has 0 aliphatic heterocycles. The van der Waals surface area contributed by atoms with Crippen molar-refractivity contribution in [2.45, 2.75) is 12.5 Å². The van der Waals surface area contributed by atoms with Gasteiger partial charge in [-0.3, -0.25) is 0 Å². The minimum absolute atomic E-state index is 0.115. The monoisotopic (exact) mass is 413 g/mol. The highest BCUT2D eigenvalue weighted by molar-refractivity contribution is 9.10. The van der Waals surface area contributed by atoms with Crippen LogP contribution in [0, 0.1) is 0 Å². The van der Waals surface area contributed by atoms with Crippen molar-refractivity contribution in [2.24, 2.45) is 5.73 Å². The summed E-state index contributed by atoms with van der Waals surface area (Å²) < 4.78 is 12.5. The third kappa shape index (κ3) is 3.99. The Kier molecular flexibility index (Phi) is 5.67. The highest BCUT2D eigenvalue weighted by atomic mass is 79.9.